The fourth-order valence-electron chi connectivity index (χ4n) is 5.12. The van der Waals surface area contributed by atoms with E-state index >= 15 is 0 Å². The summed E-state index contributed by atoms with van der Waals surface area (Å²) >= 11 is 0. The number of amides is 2. The number of carbonyl (C=O) groups is 2. The summed E-state index contributed by atoms with van der Waals surface area (Å²) in [5, 5.41) is 20.9. The molecule has 4 aromatic rings. The molecule has 3 atom stereocenters. The Morgan fingerprint density at radius 1 is 0.881 bits per heavy atom. The SMILES string of the molecule is O=C(CCCCC(=O)NCc1ccc([C@@H]2O[C@H](Cn3cnc4ccccc43)C[C@H](c3ccc(CO)cc3)O2)cc1)NO. The van der Waals surface area contributed by atoms with Crippen molar-refractivity contribution in [2.75, 3.05) is 0 Å². The molecule has 10 heteroatoms. The van der Waals surface area contributed by atoms with Gasteiger partial charge < -0.3 is 24.5 Å². The molecule has 220 valence electrons. The van der Waals surface area contributed by atoms with Crippen molar-refractivity contribution in [2.45, 2.75) is 70.3 Å². The van der Waals surface area contributed by atoms with Gasteiger partial charge in [0.05, 0.1) is 42.7 Å². The molecule has 3 aromatic carbocycles. The molecule has 1 aromatic heterocycles. The molecule has 0 unspecified atom stereocenters. The van der Waals surface area contributed by atoms with E-state index in [9.17, 15) is 14.7 Å². The summed E-state index contributed by atoms with van der Waals surface area (Å²) < 4.78 is 15.1. The average molecular weight is 573 g/mol. The van der Waals surface area contributed by atoms with Crippen molar-refractivity contribution in [1.29, 1.82) is 0 Å². The van der Waals surface area contributed by atoms with Gasteiger partial charge in [0.1, 0.15) is 0 Å². The molecule has 4 N–H and O–H groups in total. The third-order valence-electron chi connectivity index (χ3n) is 7.47. The van der Waals surface area contributed by atoms with Gasteiger partial charge in [-0.1, -0.05) is 60.7 Å². The van der Waals surface area contributed by atoms with Gasteiger partial charge >= 0.3 is 0 Å². The topological polar surface area (TPSA) is 135 Å². The van der Waals surface area contributed by atoms with Crippen LogP contribution in [0.15, 0.2) is 79.1 Å². The van der Waals surface area contributed by atoms with Crippen molar-refractivity contribution in [3.8, 4) is 0 Å². The number of nitrogens with zero attached hydrogens (tertiary/aromatic N) is 2. The molecular formula is C32H36N4O6. The monoisotopic (exact) mass is 572 g/mol. The molecule has 0 aliphatic carbocycles. The largest absolute Gasteiger partial charge is 0.392 e. The second-order valence-corrected chi connectivity index (χ2v) is 10.5. The lowest BCUT2D eigenvalue weighted by atomic mass is 9.99. The summed E-state index contributed by atoms with van der Waals surface area (Å²) in [6.07, 6.45) is 3.19. The third-order valence-corrected chi connectivity index (χ3v) is 7.47. The minimum Gasteiger partial charge on any atom is -0.392 e. The summed E-state index contributed by atoms with van der Waals surface area (Å²) in [6.45, 7) is 1.00. The first-order valence-corrected chi connectivity index (χ1v) is 14.2. The van der Waals surface area contributed by atoms with Crippen molar-refractivity contribution < 1.29 is 29.4 Å². The van der Waals surface area contributed by atoms with Crippen LogP contribution in [0.2, 0.25) is 0 Å². The van der Waals surface area contributed by atoms with Crippen molar-refractivity contribution in [2.24, 2.45) is 0 Å². The van der Waals surface area contributed by atoms with Gasteiger partial charge in [0.25, 0.3) is 0 Å². The van der Waals surface area contributed by atoms with Gasteiger partial charge in [-0.2, -0.15) is 0 Å². The van der Waals surface area contributed by atoms with Gasteiger partial charge in [-0.15, -0.1) is 0 Å². The molecule has 1 aliphatic heterocycles. The van der Waals surface area contributed by atoms with Crippen LogP contribution in [0.5, 0.6) is 0 Å². The second kappa shape index (κ2) is 14.2. The van der Waals surface area contributed by atoms with E-state index in [1.54, 1.807) is 5.48 Å². The Balaban J connectivity index is 1.24. The number of unbranched alkanes of at least 4 members (excludes halogenated alkanes) is 1. The van der Waals surface area contributed by atoms with Crippen LogP contribution in [0.1, 0.15) is 66.8 Å². The number of aliphatic hydroxyl groups excluding tert-OH is 1. The lowest BCUT2D eigenvalue weighted by Gasteiger charge is -2.36. The maximum Gasteiger partial charge on any atom is 0.243 e. The Kier molecular flexibility index (Phi) is 9.94. The van der Waals surface area contributed by atoms with Gasteiger partial charge in [-0.3, -0.25) is 14.8 Å². The van der Waals surface area contributed by atoms with E-state index in [-0.39, 0.29) is 31.1 Å². The molecule has 10 nitrogen and oxygen atoms in total. The Morgan fingerprint density at radius 2 is 1.57 bits per heavy atom. The number of aliphatic hydroxyl groups is 1. The lowest BCUT2D eigenvalue weighted by Crippen LogP contribution is -2.32. The number of aromatic nitrogens is 2. The number of rotatable bonds is 12. The number of benzene rings is 3. The Bertz CT molecular complexity index is 1470. The highest BCUT2D eigenvalue weighted by Crippen LogP contribution is 2.38. The molecule has 0 spiro atoms. The first-order valence-electron chi connectivity index (χ1n) is 14.2. The van der Waals surface area contributed by atoms with Crippen LogP contribution in [0.25, 0.3) is 11.0 Å². The maximum atomic E-state index is 12.2. The van der Waals surface area contributed by atoms with Gasteiger partial charge in [0, 0.05) is 31.4 Å². The third kappa shape index (κ3) is 7.59. The quantitative estimate of drug-likeness (QED) is 0.112. The standard InChI is InChI=1S/C32H36N4O6/c37-20-23-11-13-24(14-12-23)29-17-26(19-36-21-34-27-5-1-2-6-28(27)36)41-32(42-29)25-15-9-22(10-16-25)18-33-30(38)7-3-4-8-31(39)35-40/h1-2,5-6,9-16,21,26,29,32,37,40H,3-4,7-8,17-20H2,(H,33,38)(H,35,39)/t26-,29+,32+/m0/s1. The smallest absolute Gasteiger partial charge is 0.243 e. The summed E-state index contributed by atoms with van der Waals surface area (Å²) in [5.74, 6) is -0.541. The molecule has 0 saturated carbocycles. The van der Waals surface area contributed by atoms with Crippen molar-refractivity contribution in [1.82, 2.24) is 20.3 Å². The van der Waals surface area contributed by atoms with E-state index in [1.165, 1.54) is 0 Å². The minimum absolute atomic E-state index is 0.00990. The van der Waals surface area contributed by atoms with Crippen LogP contribution in [-0.4, -0.2) is 37.8 Å². The van der Waals surface area contributed by atoms with E-state index in [0.29, 0.717) is 38.8 Å². The van der Waals surface area contributed by atoms with Gasteiger partial charge in [-0.05, 0) is 41.7 Å². The number of imidazole rings is 1. The normalized spacial score (nSPS) is 18.6. The van der Waals surface area contributed by atoms with E-state index in [4.69, 9.17) is 14.7 Å². The Hall–Kier alpha value is -4.09. The lowest BCUT2D eigenvalue weighted by molar-refractivity contribution is -0.252. The van der Waals surface area contributed by atoms with Gasteiger partial charge in [0.2, 0.25) is 11.8 Å². The molecule has 5 rings (SSSR count). The Morgan fingerprint density at radius 3 is 2.31 bits per heavy atom. The number of carbonyl (C=O) groups excluding carboxylic acids is 2. The van der Waals surface area contributed by atoms with Crippen LogP contribution < -0.4 is 10.8 Å². The number of nitrogens with one attached hydrogen (secondary N) is 2. The molecule has 42 heavy (non-hydrogen) atoms. The number of hydroxylamine groups is 1. The van der Waals surface area contributed by atoms with E-state index in [1.807, 2.05) is 73.1 Å². The summed E-state index contributed by atoms with van der Waals surface area (Å²) in [6, 6.07) is 23.7. The van der Waals surface area contributed by atoms with Crippen LogP contribution >= 0.6 is 0 Å². The number of fused-ring (bicyclic) bond motifs is 1. The molecule has 2 amide bonds. The highest BCUT2D eigenvalue weighted by molar-refractivity contribution is 5.76. The predicted molar refractivity (Wildman–Crippen MR) is 155 cm³/mol. The number of hydrogen-bond acceptors (Lipinski definition) is 7. The number of para-hydroxylation sites is 2. The fraction of sp³-hybridized carbons (Fsp3) is 0.344. The van der Waals surface area contributed by atoms with Crippen LogP contribution in [-0.2, 0) is 38.8 Å². The maximum absolute atomic E-state index is 12.2. The zero-order valence-electron chi connectivity index (χ0n) is 23.3. The second-order valence-electron chi connectivity index (χ2n) is 10.5. The molecule has 1 fully saturated rings. The highest BCUT2D eigenvalue weighted by atomic mass is 16.7. The van der Waals surface area contributed by atoms with Crippen molar-refractivity contribution in [3.63, 3.8) is 0 Å². The number of ether oxygens (including phenoxy) is 2. The number of hydrogen-bond donors (Lipinski definition) is 4. The molecule has 0 bridgehead atoms. The first-order chi connectivity index (χ1) is 20.5. The molecule has 1 saturated heterocycles. The zero-order valence-corrected chi connectivity index (χ0v) is 23.3. The van der Waals surface area contributed by atoms with E-state index in [0.717, 1.165) is 33.3 Å². The summed E-state index contributed by atoms with van der Waals surface area (Å²) in [4.78, 5) is 27.8. The molecule has 0 radical (unpaired) electrons. The van der Waals surface area contributed by atoms with Crippen LogP contribution in [0, 0.1) is 0 Å². The van der Waals surface area contributed by atoms with Crippen molar-refractivity contribution in [3.05, 3.63) is 101 Å². The van der Waals surface area contributed by atoms with E-state index in [2.05, 4.69) is 20.9 Å². The molecule has 1 aliphatic rings. The van der Waals surface area contributed by atoms with Crippen LogP contribution in [0.4, 0.5) is 0 Å². The highest BCUT2D eigenvalue weighted by Gasteiger charge is 2.32. The minimum atomic E-state index is -0.583. The first kappa shape index (κ1) is 29.4. The zero-order chi connectivity index (χ0) is 29.3. The van der Waals surface area contributed by atoms with Crippen molar-refractivity contribution >= 4 is 22.8 Å². The average Bonchev–Trinajstić information content (AvgIpc) is 3.44. The predicted octanol–water partition coefficient (Wildman–Crippen LogP) is 4.46. The summed E-state index contributed by atoms with van der Waals surface area (Å²) in [5.41, 5.74) is 7.28. The van der Waals surface area contributed by atoms with Crippen LogP contribution in [0.3, 0.4) is 0 Å². The van der Waals surface area contributed by atoms with Gasteiger partial charge in [-0.25, -0.2) is 10.5 Å². The Labute approximate surface area is 244 Å². The van der Waals surface area contributed by atoms with E-state index < -0.39 is 12.2 Å². The van der Waals surface area contributed by atoms with Gasteiger partial charge in [0.15, 0.2) is 6.29 Å². The fourth-order valence-corrected chi connectivity index (χ4v) is 5.12. The molecule has 2 heterocycles. The summed E-state index contributed by atoms with van der Waals surface area (Å²) in [7, 11) is 0. The molecular weight excluding hydrogens is 536 g/mol.